The van der Waals surface area contributed by atoms with Crippen LogP contribution in [0.15, 0.2) is 60.2 Å². The number of carbonyl (C=O) groups excluding carboxylic acids is 1. The number of amides is 1. The van der Waals surface area contributed by atoms with E-state index in [9.17, 15) is 4.79 Å². The zero-order valence-corrected chi connectivity index (χ0v) is 14.6. The fourth-order valence-corrected chi connectivity index (χ4v) is 3.19. The van der Waals surface area contributed by atoms with E-state index in [0.717, 1.165) is 16.3 Å². The number of aromatic nitrogens is 5. The van der Waals surface area contributed by atoms with Crippen molar-refractivity contribution in [1.29, 1.82) is 0 Å². The molecule has 0 aliphatic rings. The number of thiazole rings is 1. The Hall–Kier alpha value is -3.39. The van der Waals surface area contributed by atoms with E-state index in [2.05, 4.69) is 25.8 Å². The highest BCUT2D eigenvalue weighted by molar-refractivity contribution is 7.13. The van der Waals surface area contributed by atoms with Crippen molar-refractivity contribution >= 4 is 22.9 Å². The van der Waals surface area contributed by atoms with Gasteiger partial charge in [-0.05, 0) is 41.6 Å². The van der Waals surface area contributed by atoms with Crippen molar-refractivity contribution in [3.63, 3.8) is 0 Å². The molecule has 0 aliphatic heterocycles. The highest BCUT2D eigenvalue weighted by Gasteiger charge is 2.12. The molecule has 2 aromatic carbocycles. The van der Waals surface area contributed by atoms with Gasteiger partial charge in [-0.2, -0.15) is 0 Å². The summed E-state index contributed by atoms with van der Waals surface area (Å²) in [5, 5.41) is 16.5. The van der Waals surface area contributed by atoms with Crippen LogP contribution in [0.25, 0.3) is 16.3 Å². The van der Waals surface area contributed by atoms with Gasteiger partial charge in [-0.3, -0.25) is 4.79 Å². The summed E-state index contributed by atoms with van der Waals surface area (Å²) in [5.74, 6) is -0.241. The van der Waals surface area contributed by atoms with Crippen molar-refractivity contribution in [3.05, 3.63) is 71.5 Å². The van der Waals surface area contributed by atoms with Crippen molar-refractivity contribution in [1.82, 2.24) is 25.2 Å². The number of carbonyl (C=O) groups is 1. The van der Waals surface area contributed by atoms with Gasteiger partial charge in [0.1, 0.15) is 17.0 Å². The molecule has 128 valence electrons. The Balaban J connectivity index is 1.47. The SMILES string of the molecule is Cc1ccc(-c2nc(C(=O)Nc3ccc(-n4cnnn4)cc3)cs2)cc1. The number of nitrogens with zero attached hydrogens (tertiary/aromatic N) is 5. The predicted molar refractivity (Wildman–Crippen MR) is 99.4 cm³/mol. The molecule has 0 saturated carbocycles. The Morgan fingerprint density at radius 3 is 2.54 bits per heavy atom. The largest absolute Gasteiger partial charge is 0.321 e. The number of rotatable bonds is 4. The summed E-state index contributed by atoms with van der Waals surface area (Å²) in [7, 11) is 0. The smallest absolute Gasteiger partial charge is 0.275 e. The number of hydrogen-bond acceptors (Lipinski definition) is 6. The second kappa shape index (κ2) is 6.85. The zero-order chi connectivity index (χ0) is 17.9. The lowest BCUT2D eigenvalue weighted by Gasteiger charge is -2.04. The van der Waals surface area contributed by atoms with E-state index >= 15 is 0 Å². The molecule has 0 radical (unpaired) electrons. The van der Waals surface area contributed by atoms with Gasteiger partial charge in [0.05, 0.1) is 5.69 Å². The average molecular weight is 362 g/mol. The maximum atomic E-state index is 12.4. The molecule has 7 nitrogen and oxygen atoms in total. The average Bonchev–Trinajstić information content (AvgIpc) is 3.35. The number of tetrazole rings is 1. The molecule has 0 spiro atoms. The van der Waals surface area contributed by atoms with E-state index in [1.54, 1.807) is 22.2 Å². The van der Waals surface area contributed by atoms with E-state index < -0.39 is 0 Å². The summed E-state index contributed by atoms with van der Waals surface area (Å²) in [6, 6.07) is 15.3. The third kappa shape index (κ3) is 3.35. The molecule has 0 unspecified atom stereocenters. The molecular weight excluding hydrogens is 348 g/mol. The van der Waals surface area contributed by atoms with E-state index in [1.807, 2.05) is 43.3 Å². The highest BCUT2D eigenvalue weighted by atomic mass is 32.1. The van der Waals surface area contributed by atoms with E-state index in [4.69, 9.17) is 0 Å². The summed E-state index contributed by atoms with van der Waals surface area (Å²) in [6.07, 6.45) is 1.51. The minimum Gasteiger partial charge on any atom is -0.321 e. The van der Waals surface area contributed by atoms with Gasteiger partial charge >= 0.3 is 0 Å². The van der Waals surface area contributed by atoms with Crippen molar-refractivity contribution < 1.29 is 4.79 Å². The molecule has 2 heterocycles. The van der Waals surface area contributed by atoms with Gasteiger partial charge < -0.3 is 5.32 Å². The first-order chi connectivity index (χ1) is 12.7. The molecule has 1 amide bonds. The molecule has 0 bridgehead atoms. The number of aryl methyl sites for hydroxylation is 1. The standard InChI is InChI=1S/C18H14N6OS/c1-12-2-4-13(5-3-12)18-21-16(10-26-18)17(25)20-14-6-8-15(9-7-14)24-11-19-22-23-24/h2-11H,1H3,(H,20,25). The van der Waals surface area contributed by atoms with Crippen LogP contribution < -0.4 is 5.32 Å². The fourth-order valence-electron chi connectivity index (χ4n) is 2.38. The maximum Gasteiger partial charge on any atom is 0.275 e. The summed E-state index contributed by atoms with van der Waals surface area (Å²) >= 11 is 1.45. The first-order valence-corrected chi connectivity index (χ1v) is 8.74. The van der Waals surface area contributed by atoms with Gasteiger partial charge in [-0.15, -0.1) is 16.4 Å². The second-order valence-electron chi connectivity index (χ2n) is 5.66. The van der Waals surface area contributed by atoms with Crippen LogP contribution in [0.4, 0.5) is 5.69 Å². The van der Waals surface area contributed by atoms with Crippen LogP contribution in [0.3, 0.4) is 0 Å². The van der Waals surface area contributed by atoms with Gasteiger partial charge in [-0.25, -0.2) is 9.67 Å². The molecule has 4 rings (SSSR count). The summed E-state index contributed by atoms with van der Waals surface area (Å²) in [6.45, 7) is 2.04. The van der Waals surface area contributed by atoms with Crippen molar-refractivity contribution in [2.45, 2.75) is 6.92 Å². The first-order valence-electron chi connectivity index (χ1n) is 7.86. The van der Waals surface area contributed by atoms with Gasteiger partial charge in [0, 0.05) is 16.6 Å². The molecule has 4 aromatic rings. The van der Waals surface area contributed by atoms with Crippen LogP contribution in [0.5, 0.6) is 0 Å². The minimum absolute atomic E-state index is 0.241. The van der Waals surface area contributed by atoms with Crippen LogP contribution in [0, 0.1) is 6.92 Å². The highest BCUT2D eigenvalue weighted by Crippen LogP contribution is 2.24. The van der Waals surface area contributed by atoms with E-state index in [0.29, 0.717) is 11.4 Å². The Morgan fingerprint density at radius 2 is 1.85 bits per heavy atom. The number of hydrogen-bond donors (Lipinski definition) is 1. The Morgan fingerprint density at radius 1 is 1.08 bits per heavy atom. The Bertz CT molecular complexity index is 1020. The van der Waals surface area contributed by atoms with Gasteiger partial charge in [0.15, 0.2) is 0 Å². The Kier molecular flexibility index (Phi) is 4.24. The molecule has 1 N–H and O–H groups in total. The summed E-state index contributed by atoms with van der Waals surface area (Å²) in [4.78, 5) is 16.9. The third-order valence-electron chi connectivity index (χ3n) is 3.77. The number of benzene rings is 2. The van der Waals surface area contributed by atoms with Crippen LogP contribution >= 0.6 is 11.3 Å². The van der Waals surface area contributed by atoms with E-state index in [1.165, 1.54) is 23.2 Å². The van der Waals surface area contributed by atoms with Crippen molar-refractivity contribution in [3.8, 4) is 16.3 Å². The monoisotopic (exact) mass is 362 g/mol. The van der Waals surface area contributed by atoms with Crippen LogP contribution in [-0.2, 0) is 0 Å². The summed E-state index contributed by atoms with van der Waals surface area (Å²) < 4.78 is 1.54. The van der Waals surface area contributed by atoms with Gasteiger partial charge in [-0.1, -0.05) is 29.8 Å². The molecule has 0 aliphatic carbocycles. The molecular formula is C18H14N6OS. The molecule has 8 heteroatoms. The maximum absolute atomic E-state index is 12.4. The topological polar surface area (TPSA) is 85.6 Å². The number of nitrogens with one attached hydrogen (secondary N) is 1. The lowest BCUT2D eigenvalue weighted by atomic mass is 10.2. The zero-order valence-electron chi connectivity index (χ0n) is 13.8. The second-order valence-corrected chi connectivity index (χ2v) is 6.52. The van der Waals surface area contributed by atoms with Crippen LogP contribution in [0.2, 0.25) is 0 Å². The first kappa shape index (κ1) is 16.1. The molecule has 2 aromatic heterocycles. The molecule has 0 atom stereocenters. The van der Waals surface area contributed by atoms with Crippen molar-refractivity contribution in [2.24, 2.45) is 0 Å². The minimum atomic E-state index is -0.241. The lowest BCUT2D eigenvalue weighted by Crippen LogP contribution is -2.12. The molecule has 26 heavy (non-hydrogen) atoms. The quantitative estimate of drug-likeness (QED) is 0.602. The fraction of sp³-hybridized carbons (Fsp3) is 0.0556. The normalized spacial score (nSPS) is 10.7. The number of anilines is 1. The molecule has 0 fully saturated rings. The van der Waals surface area contributed by atoms with E-state index in [-0.39, 0.29) is 5.91 Å². The van der Waals surface area contributed by atoms with Crippen LogP contribution in [-0.4, -0.2) is 31.1 Å². The summed E-state index contributed by atoms with van der Waals surface area (Å²) in [5.41, 5.74) is 4.08. The molecule has 0 saturated heterocycles. The van der Waals surface area contributed by atoms with Gasteiger partial charge in [0.2, 0.25) is 0 Å². The predicted octanol–water partition coefficient (Wildman–Crippen LogP) is 3.35. The van der Waals surface area contributed by atoms with Crippen LogP contribution in [0.1, 0.15) is 16.1 Å². The van der Waals surface area contributed by atoms with Gasteiger partial charge in [0.25, 0.3) is 5.91 Å². The lowest BCUT2D eigenvalue weighted by molar-refractivity contribution is 0.102. The third-order valence-corrected chi connectivity index (χ3v) is 4.67. The van der Waals surface area contributed by atoms with Crippen molar-refractivity contribution in [2.75, 3.05) is 5.32 Å². The Labute approximate surface area is 153 Å².